The van der Waals surface area contributed by atoms with Crippen LogP contribution in [0.2, 0.25) is 0 Å². The van der Waals surface area contributed by atoms with E-state index in [1.165, 1.54) is 0 Å². The van der Waals surface area contributed by atoms with Crippen LogP contribution >= 0.6 is 11.3 Å². The molecule has 0 aliphatic carbocycles. The van der Waals surface area contributed by atoms with Crippen LogP contribution in [0.5, 0.6) is 0 Å². The number of hydrogen-bond acceptors (Lipinski definition) is 6. The lowest BCUT2D eigenvalue weighted by atomic mass is 9.87. The normalized spacial score (nSPS) is 25.7. The molecule has 8 heteroatoms. The largest absolute Gasteiger partial charge is 0.391 e. The third kappa shape index (κ3) is 4.87. The Bertz CT molecular complexity index is 945. The second-order valence-corrected chi connectivity index (χ2v) is 9.67. The first-order valence-corrected chi connectivity index (χ1v) is 12.3. The molecule has 2 aliphatic heterocycles. The van der Waals surface area contributed by atoms with E-state index in [-0.39, 0.29) is 36.7 Å². The van der Waals surface area contributed by atoms with Crippen molar-refractivity contribution in [2.24, 2.45) is 5.92 Å². The zero-order chi connectivity index (χ0) is 22.7. The maximum Gasteiger partial charge on any atom is 0.243 e. The summed E-state index contributed by atoms with van der Waals surface area (Å²) in [6.07, 6.45) is 2.62. The molecule has 0 spiro atoms. The van der Waals surface area contributed by atoms with Crippen LogP contribution < -0.4 is 10.6 Å². The van der Waals surface area contributed by atoms with Crippen LogP contribution in [0.15, 0.2) is 29.8 Å². The summed E-state index contributed by atoms with van der Waals surface area (Å²) in [6, 6.07) is 7.18. The minimum absolute atomic E-state index is 0.0578. The molecular weight excluding hydrogens is 424 g/mol. The Labute approximate surface area is 193 Å². The van der Waals surface area contributed by atoms with Crippen molar-refractivity contribution in [3.8, 4) is 10.4 Å². The number of β-amino-alcohol motifs (C(OH)–C–C–N with tert-alkyl or cyclic N) is 1. The van der Waals surface area contributed by atoms with Gasteiger partial charge in [-0.2, -0.15) is 0 Å². The van der Waals surface area contributed by atoms with Gasteiger partial charge < -0.3 is 20.6 Å². The summed E-state index contributed by atoms with van der Waals surface area (Å²) in [4.78, 5) is 33.2. The summed E-state index contributed by atoms with van der Waals surface area (Å²) in [7, 11) is 0. The average Bonchev–Trinajstić information content (AvgIpc) is 3.42. The topological polar surface area (TPSA) is 94.6 Å². The van der Waals surface area contributed by atoms with Gasteiger partial charge in [0, 0.05) is 19.5 Å². The van der Waals surface area contributed by atoms with Crippen LogP contribution in [0.1, 0.15) is 43.9 Å². The smallest absolute Gasteiger partial charge is 0.243 e. The minimum Gasteiger partial charge on any atom is -0.391 e. The third-order valence-electron chi connectivity index (χ3n) is 6.67. The molecule has 1 aromatic carbocycles. The Balaban J connectivity index is 1.38. The molecule has 0 radical (unpaired) electrons. The number of thiazole rings is 1. The van der Waals surface area contributed by atoms with Gasteiger partial charge in [-0.25, -0.2) is 4.98 Å². The lowest BCUT2D eigenvalue weighted by Gasteiger charge is -2.35. The van der Waals surface area contributed by atoms with E-state index in [1.807, 2.05) is 36.7 Å². The Kier molecular flexibility index (Phi) is 7.23. The van der Waals surface area contributed by atoms with Gasteiger partial charge >= 0.3 is 0 Å². The van der Waals surface area contributed by atoms with Crippen molar-refractivity contribution >= 4 is 23.2 Å². The third-order valence-corrected chi connectivity index (χ3v) is 7.65. The fraction of sp³-hybridized carbons (Fsp3) is 0.542. The van der Waals surface area contributed by atoms with Crippen LogP contribution in [-0.4, -0.2) is 58.1 Å². The highest BCUT2D eigenvalue weighted by molar-refractivity contribution is 7.13. The highest BCUT2D eigenvalue weighted by Crippen LogP contribution is 2.28. The van der Waals surface area contributed by atoms with Gasteiger partial charge in [-0.15, -0.1) is 11.3 Å². The van der Waals surface area contributed by atoms with E-state index in [1.54, 1.807) is 16.2 Å². The number of nitrogens with zero attached hydrogens (tertiary/aromatic N) is 2. The quantitative estimate of drug-likeness (QED) is 0.621. The number of likely N-dealkylation sites (tertiary alicyclic amines) is 1. The number of hydrogen-bond donors (Lipinski definition) is 3. The van der Waals surface area contributed by atoms with Crippen LogP contribution in [0.4, 0.5) is 0 Å². The number of carbonyl (C=O) groups is 2. The van der Waals surface area contributed by atoms with E-state index in [2.05, 4.69) is 22.5 Å². The molecule has 1 aromatic heterocycles. The summed E-state index contributed by atoms with van der Waals surface area (Å²) in [5, 5.41) is 16.5. The number of carbonyl (C=O) groups excluding carboxylic acids is 2. The summed E-state index contributed by atoms with van der Waals surface area (Å²) in [5.41, 5.74) is 4.95. The number of rotatable bonds is 6. The van der Waals surface area contributed by atoms with Crippen molar-refractivity contribution in [2.75, 3.05) is 13.1 Å². The maximum absolute atomic E-state index is 13.3. The highest BCUT2D eigenvalue weighted by Gasteiger charge is 2.43. The van der Waals surface area contributed by atoms with Gasteiger partial charge in [0.05, 0.1) is 28.2 Å². The van der Waals surface area contributed by atoms with Crippen LogP contribution in [0.3, 0.4) is 0 Å². The molecule has 0 bridgehead atoms. The number of nitrogens with one attached hydrogen (secondary N) is 2. The van der Waals surface area contributed by atoms with Crippen molar-refractivity contribution in [2.45, 2.75) is 64.3 Å². The van der Waals surface area contributed by atoms with E-state index in [9.17, 15) is 14.7 Å². The van der Waals surface area contributed by atoms with E-state index in [0.717, 1.165) is 47.5 Å². The number of piperidine rings is 1. The molecule has 2 aliphatic rings. The molecule has 172 valence electrons. The lowest BCUT2D eigenvalue weighted by molar-refractivity contribution is -0.141. The predicted octanol–water partition coefficient (Wildman–Crippen LogP) is 2.47. The van der Waals surface area contributed by atoms with E-state index in [4.69, 9.17) is 0 Å². The fourth-order valence-corrected chi connectivity index (χ4v) is 5.64. The zero-order valence-electron chi connectivity index (χ0n) is 18.7. The number of amides is 2. The van der Waals surface area contributed by atoms with E-state index in [0.29, 0.717) is 6.54 Å². The molecule has 2 aromatic rings. The molecule has 7 nitrogen and oxygen atoms in total. The molecule has 2 amide bonds. The molecule has 2 fully saturated rings. The van der Waals surface area contributed by atoms with Crippen molar-refractivity contribution in [1.29, 1.82) is 0 Å². The number of aromatic nitrogens is 1. The molecule has 2 saturated heterocycles. The molecule has 32 heavy (non-hydrogen) atoms. The Morgan fingerprint density at radius 1 is 1.31 bits per heavy atom. The molecule has 3 N–H and O–H groups in total. The summed E-state index contributed by atoms with van der Waals surface area (Å²) >= 11 is 1.61. The van der Waals surface area contributed by atoms with Crippen molar-refractivity contribution in [3.63, 3.8) is 0 Å². The van der Waals surface area contributed by atoms with Crippen molar-refractivity contribution < 1.29 is 14.7 Å². The van der Waals surface area contributed by atoms with E-state index < -0.39 is 12.1 Å². The zero-order valence-corrected chi connectivity index (χ0v) is 19.5. The summed E-state index contributed by atoms with van der Waals surface area (Å²) < 4.78 is 0. The fourth-order valence-electron chi connectivity index (χ4n) is 4.83. The number of aliphatic hydroxyl groups is 1. The molecule has 4 atom stereocenters. The van der Waals surface area contributed by atoms with Crippen LogP contribution in [0.25, 0.3) is 10.4 Å². The van der Waals surface area contributed by atoms with Crippen molar-refractivity contribution in [1.82, 2.24) is 20.5 Å². The van der Waals surface area contributed by atoms with Crippen LogP contribution in [0, 0.1) is 12.8 Å². The first-order valence-electron chi connectivity index (χ1n) is 11.5. The van der Waals surface area contributed by atoms with Gasteiger partial charge in [-0.05, 0) is 43.4 Å². The molecule has 4 rings (SSSR count). The number of aryl methyl sites for hydroxylation is 1. The van der Waals surface area contributed by atoms with Gasteiger partial charge in [-0.3, -0.25) is 9.59 Å². The molecule has 3 heterocycles. The first-order chi connectivity index (χ1) is 15.5. The standard InChI is InChI=1S/C24H32N4O3S/c1-3-17-5-4-10-25-21(17)24(31)28-13-19(29)11-20(28)23(30)26-12-16-6-8-18(9-7-16)22-15(2)27-14-32-22/h6-9,14,17,19-21,25,29H,3-5,10-13H2,1-2H3,(H,26,30)/t17-,19-,20+,21+/m1/s1. The van der Waals surface area contributed by atoms with Gasteiger partial charge in [-0.1, -0.05) is 37.6 Å². The Morgan fingerprint density at radius 3 is 2.78 bits per heavy atom. The second-order valence-electron chi connectivity index (χ2n) is 8.82. The lowest BCUT2D eigenvalue weighted by Crippen LogP contribution is -2.56. The monoisotopic (exact) mass is 456 g/mol. The molecular formula is C24H32N4O3S. The maximum atomic E-state index is 13.3. The minimum atomic E-state index is -0.666. The first kappa shape index (κ1) is 22.9. The summed E-state index contributed by atoms with van der Waals surface area (Å²) in [6.45, 7) is 5.51. The van der Waals surface area contributed by atoms with Gasteiger partial charge in [0.1, 0.15) is 6.04 Å². The highest BCUT2D eigenvalue weighted by atomic mass is 32.1. The SMILES string of the molecule is CC[C@@H]1CCCN[C@@H]1C(=O)N1C[C@H](O)C[C@H]1C(=O)NCc1ccc(-c2scnc2C)cc1. The second kappa shape index (κ2) is 10.1. The Hall–Kier alpha value is -2.29. The van der Waals surface area contributed by atoms with Gasteiger partial charge in [0.25, 0.3) is 0 Å². The number of aliphatic hydroxyl groups excluding tert-OH is 1. The van der Waals surface area contributed by atoms with Crippen molar-refractivity contribution in [3.05, 3.63) is 41.0 Å². The Morgan fingerprint density at radius 2 is 2.09 bits per heavy atom. The van der Waals surface area contributed by atoms with Crippen LogP contribution in [-0.2, 0) is 16.1 Å². The number of benzene rings is 1. The van der Waals surface area contributed by atoms with Gasteiger partial charge in [0.2, 0.25) is 11.8 Å². The van der Waals surface area contributed by atoms with Gasteiger partial charge in [0.15, 0.2) is 0 Å². The predicted molar refractivity (Wildman–Crippen MR) is 125 cm³/mol. The molecule has 0 saturated carbocycles. The molecule has 0 unspecified atom stereocenters. The summed E-state index contributed by atoms with van der Waals surface area (Å²) in [5.74, 6) is 0.0112. The van der Waals surface area contributed by atoms with E-state index >= 15 is 0 Å². The average molecular weight is 457 g/mol.